The highest BCUT2D eigenvalue weighted by Crippen LogP contribution is 2.37. The molecular formula is C29H38FN3O4. The lowest BCUT2D eigenvalue weighted by Gasteiger charge is -2.30. The summed E-state index contributed by atoms with van der Waals surface area (Å²) in [6.07, 6.45) is 7.58. The van der Waals surface area contributed by atoms with E-state index in [0.29, 0.717) is 38.5 Å². The van der Waals surface area contributed by atoms with E-state index < -0.39 is 17.8 Å². The number of nitrogens with one attached hydrogen (secondary N) is 1. The van der Waals surface area contributed by atoms with Crippen molar-refractivity contribution in [2.45, 2.75) is 63.5 Å². The molecule has 5 rings (SSSR count). The van der Waals surface area contributed by atoms with E-state index in [2.05, 4.69) is 17.4 Å². The fourth-order valence-electron chi connectivity index (χ4n) is 5.89. The molecule has 2 saturated heterocycles. The molecule has 0 saturated carbocycles. The van der Waals surface area contributed by atoms with Gasteiger partial charge in [-0.3, -0.25) is 9.69 Å². The van der Waals surface area contributed by atoms with Crippen LogP contribution in [-0.2, 0) is 27.1 Å². The van der Waals surface area contributed by atoms with Gasteiger partial charge in [-0.2, -0.15) is 0 Å². The van der Waals surface area contributed by atoms with Crippen molar-refractivity contribution >= 4 is 11.8 Å². The molecule has 0 unspecified atom stereocenters. The van der Waals surface area contributed by atoms with E-state index in [1.54, 1.807) is 6.07 Å². The van der Waals surface area contributed by atoms with Gasteiger partial charge < -0.3 is 19.9 Å². The number of benzene rings is 1. The Balaban J connectivity index is 1.13. The fraction of sp³-hybridized carbons (Fsp3) is 0.586. The maximum Gasteiger partial charge on any atom is 0.325 e. The summed E-state index contributed by atoms with van der Waals surface area (Å²) >= 11 is 0. The van der Waals surface area contributed by atoms with Crippen molar-refractivity contribution in [3.05, 3.63) is 58.5 Å². The van der Waals surface area contributed by atoms with Crippen molar-refractivity contribution in [2.24, 2.45) is 5.92 Å². The van der Waals surface area contributed by atoms with E-state index in [1.807, 2.05) is 4.90 Å². The van der Waals surface area contributed by atoms with Crippen LogP contribution in [0, 0.1) is 11.7 Å². The van der Waals surface area contributed by atoms with Crippen LogP contribution in [0.15, 0.2) is 30.3 Å². The van der Waals surface area contributed by atoms with E-state index >= 15 is 0 Å². The number of fused-ring (bicyclic) bond motifs is 1. The van der Waals surface area contributed by atoms with Crippen LogP contribution >= 0.6 is 0 Å². The molecule has 0 spiro atoms. The number of hydrogen-bond acceptors (Lipinski definition) is 6. The molecule has 8 heteroatoms. The van der Waals surface area contributed by atoms with Crippen LogP contribution in [0.5, 0.6) is 0 Å². The number of carboxylic acid groups (broad SMARTS) is 1. The quantitative estimate of drug-likeness (QED) is 0.438. The molecule has 0 amide bonds. The lowest BCUT2D eigenvalue weighted by Crippen LogP contribution is -2.34. The van der Waals surface area contributed by atoms with Gasteiger partial charge in [-0.15, -0.1) is 0 Å². The minimum absolute atomic E-state index is 0.173. The Hall–Kier alpha value is -2.55. The Kier molecular flexibility index (Phi) is 8.69. The van der Waals surface area contributed by atoms with Gasteiger partial charge >= 0.3 is 5.97 Å². The molecule has 1 aromatic carbocycles. The maximum atomic E-state index is 14.3. The first-order valence-corrected chi connectivity index (χ1v) is 13.8. The number of rotatable bonds is 10. The van der Waals surface area contributed by atoms with Crippen molar-refractivity contribution in [1.82, 2.24) is 9.88 Å². The Bertz CT molecular complexity index is 1080. The molecule has 7 nitrogen and oxygen atoms in total. The van der Waals surface area contributed by atoms with E-state index in [1.165, 1.54) is 17.7 Å². The second-order valence-corrected chi connectivity index (χ2v) is 10.5. The minimum Gasteiger partial charge on any atom is -0.480 e. The third-order valence-electron chi connectivity index (χ3n) is 7.81. The maximum absolute atomic E-state index is 14.3. The SMILES string of the molecule is O=C(O)[C@H](c1cc(F)ccc1[C@@H]1CCCCO1)N1CC[C@@H](COCCCc2ccc3c(n2)NCCC3)C1. The number of ether oxygens (including phenoxy) is 2. The summed E-state index contributed by atoms with van der Waals surface area (Å²) in [5.41, 5.74) is 3.71. The van der Waals surface area contributed by atoms with Gasteiger partial charge in [0.2, 0.25) is 0 Å². The van der Waals surface area contributed by atoms with E-state index in [0.717, 1.165) is 75.0 Å². The Morgan fingerprint density at radius 2 is 2.16 bits per heavy atom. The highest BCUT2D eigenvalue weighted by molar-refractivity contribution is 5.76. The minimum atomic E-state index is -0.948. The summed E-state index contributed by atoms with van der Waals surface area (Å²) in [6, 6.07) is 7.92. The number of aliphatic carboxylic acids is 1. The van der Waals surface area contributed by atoms with Gasteiger partial charge in [0.15, 0.2) is 0 Å². The van der Waals surface area contributed by atoms with Gasteiger partial charge in [0, 0.05) is 32.0 Å². The smallest absolute Gasteiger partial charge is 0.325 e. The number of anilines is 1. The number of nitrogens with zero attached hydrogens (tertiary/aromatic N) is 2. The average Bonchev–Trinajstić information content (AvgIpc) is 3.37. The van der Waals surface area contributed by atoms with Crippen LogP contribution in [0.25, 0.3) is 0 Å². The number of aromatic nitrogens is 1. The van der Waals surface area contributed by atoms with Crippen molar-refractivity contribution in [3.63, 3.8) is 0 Å². The summed E-state index contributed by atoms with van der Waals surface area (Å²) in [7, 11) is 0. The molecule has 1 aromatic heterocycles. The molecule has 0 aliphatic carbocycles. The summed E-state index contributed by atoms with van der Waals surface area (Å²) in [4.78, 5) is 19.1. The zero-order chi connectivity index (χ0) is 25.6. The van der Waals surface area contributed by atoms with Gasteiger partial charge in [-0.1, -0.05) is 12.1 Å². The van der Waals surface area contributed by atoms with Gasteiger partial charge in [0.25, 0.3) is 0 Å². The van der Waals surface area contributed by atoms with Gasteiger partial charge in [0.05, 0.1) is 12.7 Å². The van der Waals surface area contributed by atoms with Gasteiger partial charge in [-0.25, -0.2) is 9.37 Å². The number of halogens is 1. The van der Waals surface area contributed by atoms with Crippen LogP contribution < -0.4 is 5.32 Å². The van der Waals surface area contributed by atoms with Crippen LogP contribution in [-0.4, -0.2) is 60.4 Å². The molecule has 2 fully saturated rings. The predicted octanol–water partition coefficient (Wildman–Crippen LogP) is 4.92. The number of aryl methyl sites for hydroxylation is 2. The highest BCUT2D eigenvalue weighted by Gasteiger charge is 2.36. The summed E-state index contributed by atoms with van der Waals surface area (Å²) < 4.78 is 26.2. The predicted molar refractivity (Wildman–Crippen MR) is 139 cm³/mol. The first-order valence-electron chi connectivity index (χ1n) is 13.8. The molecule has 3 aliphatic heterocycles. The second-order valence-electron chi connectivity index (χ2n) is 10.5. The number of carboxylic acids is 1. The van der Waals surface area contributed by atoms with E-state index in [9.17, 15) is 14.3 Å². The average molecular weight is 512 g/mol. The second kappa shape index (κ2) is 12.3. The number of carbonyl (C=O) groups is 1. The fourth-order valence-corrected chi connectivity index (χ4v) is 5.89. The monoisotopic (exact) mass is 511 g/mol. The van der Waals surface area contributed by atoms with Crippen molar-refractivity contribution in [1.29, 1.82) is 0 Å². The first-order chi connectivity index (χ1) is 18.1. The van der Waals surface area contributed by atoms with Crippen molar-refractivity contribution in [2.75, 3.05) is 44.8 Å². The summed E-state index contributed by atoms with van der Waals surface area (Å²) in [6.45, 7) is 4.17. The summed E-state index contributed by atoms with van der Waals surface area (Å²) in [5, 5.41) is 13.6. The third-order valence-corrected chi connectivity index (χ3v) is 7.81. The molecule has 200 valence electrons. The third kappa shape index (κ3) is 6.48. The Labute approximate surface area is 218 Å². The highest BCUT2D eigenvalue weighted by atomic mass is 19.1. The van der Waals surface area contributed by atoms with Crippen LogP contribution in [0.4, 0.5) is 10.2 Å². The molecule has 2 aromatic rings. The Morgan fingerprint density at radius 1 is 1.24 bits per heavy atom. The standard InChI is InChI=1S/C29H38FN3O4/c30-22-9-11-24(26-7-1-2-16-37-26)25(17-22)27(29(34)35)33-14-12-20(18-33)19-36-15-4-6-23-10-8-21-5-3-13-31-28(21)32-23/h8-11,17,20,26-27H,1-7,12-16,18-19H2,(H,31,32)(H,34,35)/t20-,26+,27+/m1/s1. The van der Waals surface area contributed by atoms with Gasteiger partial charge in [-0.05, 0) is 98.7 Å². The van der Waals surface area contributed by atoms with Crippen molar-refractivity contribution < 1.29 is 23.8 Å². The molecular weight excluding hydrogens is 473 g/mol. The molecule has 0 radical (unpaired) electrons. The zero-order valence-electron chi connectivity index (χ0n) is 21.5. The normalized spacial score (nSPS) is 22.8. The molecule has 3 atom stereocenters. The lowest BCUT2D eigenvalue weighted by atomic mass is 9.92. The van der Waals surface area contributed by atoms with Crippen molar-refractivity contribution in [3.8, 4) is 0 Å². The molecule has 4 heterocycles. The Morgan fingerprint density at radius 3 is 3.00 bits per heavy atom. The summed E-state index contributed by atoms with van der Waals surface area (Å²) in [5.74, 6) is -0.0728. The van der Waals surface area contributed by atoms with Crippen LogP contribution in [0.1, 0.15) is 73.1 Å². The van der Waals surface area contributed by atoms with Gasteiger partial charge in [0.1, 0.15) is 17.7 Å². The molecule has 0 bridgehead atoms. The lowest BCUT2D eigenvalue weighted by molar-refractivity contribution is -0.143. The first kappa shape index (κ1) is 26.1. The molecule has 37 heavy (non-hydrogen) atoms. The number of likely N-dealkylation sites (tertiary alicyclic amines) is 1. The number of pyridine rings is 1. The van der Waals surface area contributed by atoms with Crippen LogP contribution in [0.3, 0.4) is 0 Å². The van der Waals surface area contributed by atoms with E-state index in [4.69, 9.17) is 14.5 Å². The largest absolute Gasteiger partial charge is 0.480 e. The molecule has 2 N–H and O–H groups in total. The van der Waals surface area contributed by atoms with E-state index in [-0.39, 0.29) is 12.0 Å². The van der Waals surface area contributed by atoms with Crippen LogP contribution in [0.2, 0.25) is 0 Å². The zero-order valence-corrected chi connectivity index (χ0v) is 21.5. The topological polar surface area (TPSA) is 83.9 Å². The molecule has 3 aliphatic rings. The number of hydrogen-bond donors (Lipinski definition) is 2.